The molecule has 1 aromatic heterocycles. The van der Waals surface area contributed by atoms with E-state index in [-0.39, 0.29) is 22.7 Å². The van der Waals surface area contributed by atoms with Crippen molar-refractivity contribution in [3.8, 4) is 11.3 Å². The van der Waals surface area contributed by atoms with Gasteiger partial charge in [0.25, 0.3) is 0 Å². The molecule has 2 fully saturated rings. The lowest BCUT2D eigenvalue weighted by Gasteiger charge is -2.43. The molecule has 0 bridgehead atoms. The number of hydrogen-bond donors (Lipinski definition) is 2. The number of aliphatic hydroxyl groups excluding tert-OH is 2. The summed E-state index contributed by atoms with van der Waals surface area (Å²) in [6, 6.07) is 2.01. The maximum atomic E-state index is 14.6. The first-order valence-electron chi connectivity index (χ1n) is 13.0. The molecule has 6 atom stereocenters. The molecular weight excluding hydrogens is 516 g/mol. The van der Waals surface area contributed by atoms with Gasteiger partial charge in [-0.05, 0) is 25.0 Å². The lowest BCUT2D eigenvalue weighted by Crippen LogP contribution is -2.57. The van der Waals surface area contributed by atoms with E-state index in [1.807, 2.05) is 0 Å². The molecule has 13 heteroatoms. The smallest absolute Gasteiger partial charge is 0.222 e. The Morgan fingerprint density at radius 1 is 1.23 bits per heavy atom. The molecule has 3 aliphatic rings. The Morgan fingerprint density at radius 3 is 2.77 bits per heavy atom. The van der Waals surface area contributed by atoms with Crippen molar-refractivity contribution >= 4 is 11.6 Å². The summed E-state index contributed by atoms with van der Waals surface area (Å²) >= 11 is 0. The summed E-state index contributed by atoms with van der Waals surface area (Å²) < 4.78 is 41.9. The molecule has 212 valence electrons. The average molecular weight is 550 g/mol. The minimum atomic E-state index is -1.23. The highest BCUT2D eigenvalue weighted by Crippen LogP contribution is 2.39. The number of carbonyl (C=O) groups is 1. The molecule has 0 saturated carbocycles. The zero-order chi connectivity index (χ0) is 27.9. The van der Waals surface area contributed by atoms with Gasteiger partial charge < -0.3 is 29.4 Å². The van der Waals surface area contributed by atoms with E-state index in [4.69, 9.17) is 14.3 Å². The molecule has 2 aromatic rings. The van der Waals surface area contributed by atoms with E-state index < -0.39 is 54.3 Å². The van der Waals surface area contributed by atoms with Gasteiger partial charge in [-0.1, -0.05) is 16.4 Å². The van der Waals surface area contributed by atoms with Crippen LogP contribution in [0.4, 0.5) is 8.78 Å². The Bertz CT molecular complexity index is 1260. The monoisotopic (exact) mass is 549 g/mol. The summed E-state index contributed by atoms with van der Waals surface area (Å²) in [5.41, 5.74) is 0.351. The average Bonchev–Trinajstić information content (AvgIpc) is 3.54. The molecule has 3 aliphatic heterocycles. The van der Waals surface area contributed by atoms with Crippen molar-refractivity contribution in [1.82, 2.24) is 19.9 Å². The minimum Gasteiger partial charge on any atom is -0.394 e. The third kappa shape index (κ3) is 5.15. The van der Waals surface area contributed by atoms with Crippen LogP contribution in [-0.4, -0.2) is 99.1 Å². The van der Waals surface area contributed by atoms with Crippen molar-refractivity contribution in [2.75, 3.05) is 27.3 Å². The largest absolute Gasteiger partial charge is 0.394 e. The number of carbonyl (C=O) groups excluding carboxylic acids is 1. The van der Waals surface area contributed by atoms with Gasteiger partial charge in [0, 0.05) is 51.9 Å². The number of hydrogen-bond acceptors (Lipinski definition) is 9. The number of likely N-dealkylation sites (tertiary alicyclic amines) is 1. The van der Waals surface area contributed by atoms with Crippen molar-refractivity contribution in [3.05, 3.63) is 35.5 Å². The second-order valence-corrected chi connectivity index (χ2v) is 10.6. The van der Waals surface area contributed by atoms with Crippen molar-refractivity contribution in [3.63, 3.8) is 0 Å². The predicted molar refractivity (Wildman–Crippen MR) is 134 cm³/mol. The molecule has 0 radical (unpaired) electrons. The second-order valence-electron chi connectivity index (χ2n) is 10.6. The number of methoxy groups -OCH3 is 1. The molecule has 1 amide bonds. The molecule has 1 aromatic carbocycles. The highest BCUT2D eigenvalue weighted by atomic mass is 19.2. The number of halogens is 2. The molecule has 2 N–H and O–H groups in total. The third-order valence-electron chi connectivity index (χ3n) is 8.06. The van der Waals surface area contributed by atoms with Crippen LogP contribution in [0.5, 0.6) is 0 Å². The number of aliphatic hydroxyl groups is 2. The first-order valence-corrected chi connectivity index (χ1v) is 13.0. The summed E-state index contributed by atoms with van der Waals surface area (Å²) in [5, 5.41) is 33.5. The van der Waals surface area contributed by atoms with Crippen LogP contribution in [-0.2, 0) is 19.1 Å². The molecule has 39 heavy (non-hydrogen) atoms. The number of benzene rings is 1. The van der Waals surface area contributed by atoms with Gasteiger partial charge in [0.05, 0.1) is 24.6 Å². The Hall–Kier alpha value is -3.00. The fourth-order valence-corrected chi connectivity index (χ4v) is 5.67. The van der Waals surface area contributed by atoms with Gasteiger partial charge in [-0.3, -0.25) is 4.79 Å². The fraction of sp³-hybridized carbons (Fsp3) is 0.615. The number of nitrogens with zero attached hydrogens (tertiary/aromatic N) is 5. The zero-order valence-electron chi connectivity index (χ0n) is 22.1. The first kappa shape index (κ1) is 27.6. The van der Waals surface area contributed by atoms with E-state index in [1.165, 1.54) is 37.0 Å². The second kappa shape index (κ2) is 10.9. The molecule has 0 aliphatic carbocycles. The number of ether oxygens (including phenoxy) is 2. The maximum absolute atomic E-state index is 14.6. The summed E-state index contributed by atoms with van der Waals surface area (Å²) in [6.45, 7) is 1.57. The van der Waals surface area contributed by atoms with Crippen LogP contribution < -0.4 is 0 Å². The van der Waals surface area contributed by atoms with Crippen LogP contribution in [0.2, 0.25) is 0 Å². The fourth-order valence-electron chi connectivity index (χ4n) is 5.67. The van der Waals surface area contributed by atoms with Gasteiger partial charge in [0.15, 0.2) is 11.6 Å². The van der Waals surface area contributed by atoms with E-state index in [0.29, 0.717) is 38.6 Å². The van der Waals surface area contributed by atoms with Crippen LogP contribution >= 0.6 is 0 Å². The standard InChI is InChI=1S/C26H33F2N5O6/c1-14-4-5-16(22(28)21(14)27)17-12-33(31-29-17)23-24(36)19(13-34)38-18(25(23)37-3)10-15-11-26(39-30-15)7-6-20(35)32(2)9-8-26/h4-5,12,18-19,23-25,34,36H,6-11,13H2,1-3H3/t18-,19-,23+,24+,25+,26?/m1/s1. The van der Waals surface area contributed by atoms with E-state index >= 15 is 0 Å². The van der Waals surface area contributed by atoms with Crippen molar-refractivity contribution in [2.24, 2.45) is 5.16 Å². The Kier molecular flexibility index (Phi) is 7.68. The molecule has 1 unspecified atom stereocenters. The number of amides is 1. The summed E-state index contributed by atoms with van der Waals surface area (Å²) in [6.07, 6.45) is 0.217. The molecule has 2 saturated heterocycles. The van der Waals surface area contributed by atoms with Gasteiger partial charge in [0.1, 0.15) is 35.6 Å². The van der Waals surface area contributed by atoms with Crippen LogP contribution in [0.1, 0.15) is 43.7 Å². The van der Waals surface area contributed by atoms with Crippen LogP contribution in [0.25, 0.3) is 11.3 Å². The Balaban J connectivity index is 1.37. The van der Waals surface area contributed by atoms with Crippen LogP contribution in [0, 0.1) is 18.6 Å². The number of aromatic nitrogens is 3. The zero-order valence-corrected chi connectivity index (χ0v) is 22.1. The van der Waals surface area contributed by atoms with Gasteiger partial charge in [0.2, 0.25) is 5.91 Å². The highest BCUT2D eigenvalue weighted by molar-refractivity contribution is 5.87. The molecule has 1 spiro atoms. The van der Waals surface area contributed by atoms with Crippen molar-refractivity contribution in [1.29, 1.82) is 0 Å². The minimum absolute atomic E-state index is 0.0644. The molecule has 5 rings (SSSR count). The van der Waals surface area contributed by atoms with Crippen molar-refractivity contribution < 1.29 is 38.1 Å². The van der Waals surface area contributed by atoms with Gasteiger partial charge in [-0.25, -0.2) is 13.5 Å². The van der Waals surface area contributed by atoms with Crippen LogP contribution in [0.3, 0.4) is 0 Å². The number of rotatable bonds is 6. The summed E-state index contributed by atoms with van der Waals surface area (Å²) in [5.74, 6) is -1.93. The Labute approximate surface area is 224 Å². The van der Waals surface area contributed by atoms with E-state index in [1.54, 1.807) is 11.9 Å². The SMILES string of the molecule is CO[C@@H]1[C@@H](n2cc(-c3ccc(C)c(F)c3F)nn2)[C@@H](O)[C@@H](CO)O[C@@H]1CC1=NOC2(CCC(=O)N(C)CC2)C1. The normalized spacial score (nSPS) is 31.4. The number of aryl methyl sites for hydroxylation is 1. The first-order chi connectivity index (χ1) is 18.7. The summed E-state index contributed by atoms with van der Waals surface area (Å²) in [7, 11) is 3.24. The third-order valence-corrected chi connectivity index (χ3v) is 8.06. The lowest BCUT2D eigenvalue weighted by atomic mass is 9.85. The van der Waals surface area contributed by atoms with E-state index in [2.05, 4.69) is 15.5 Å². The maximum Gasteiger partial charge on any atom is 0.222 e. The van der Waals surface area contributed by atoms with E-state index in [0.717, 1.165) is 5.71 Å². The van der Waals surface area contributed by atoms with E-state index in [9.17, 15) is 23.8 Å². The summed E-state index contributed by atoms with van der Waals surface area (Å²) in [4.78, 5) is 19.7. The Morgan fingerprint density at radius 2 is 2.03 bits per heavy atom. The molecule has 4 heterocycles. The highest BCUT2D eigenvalue weighted by Gasteiger charge is 2.49. The molecular formula is C26H33F2N5O6. The predicted octanol–water partition coefficient (Wildman–Crippen LogP) is 1.76. The van der Waals surface area contributed by atoms with Gasteiger partial charge in [-0.2, -0.15) is 0 Å². The lowest BCUT2D eigenvalue weighted by molar-refractivity contribution is -0.210. The van der Waals surface area contributed by atoms with Crippen molar-refractivity contribution in [2.45, 2.75) is 75.1 Å². The topological polar surface area (TPSA) is 132 Å². The molecule has 11 nitrogen and oxygen atoms in total. The quantitative estimate of drug-likeness (QED) is 0.557. The van der Waals surface area contributed by atoms with Crippen LogP contribution in [0.15, 0.2) is 23.5 Å². The van der Waals surface area contributed by atoms with Gasteiger partial charge in [-0.15, -0.1) is 5.10 Å². The number of oxime groups is 1. The van der Waals surface area contributed by atoms with Gasteiger partial charge >= 0.3 is 0 Å².